The standard InChI is InChI=1S/C25H21BrN2O5S/c1-13(2)12-32-18-6-4-14(10-19(18)31-3)21-20-22(29)16-11-15(26)5-7-17(16)33-23(20)24(30)28(21)25-27-8-9-34-25/h4-11,13,21H,12H2,1-3H3. The van der Waals surface area contributed by atoms with E-state index < -0.39 is 11.9 Å². The van der Waals surface area contributed by atoms with E-state index in [0.717, 1.165) is 4.47 Å². The van der Waals surface area contributed by atoms with Gasteiger partial charge in [0.2, 0.25) is 5.76 Å². The van der Waals surface area contributed by atoms with Crippen LogP contribution in [0.4, 0.5) is 5.13 Å². The molecule has 2 aromatic heterocycles. The van der Waals surface area contributed by atoms with Crippen LogP contribution in [0.1, 0.15) is 41.6 Å². The van der Waals surface area contributed by atoms with Gasteiger partial charge in [-0.15, -0.1) is 11.3 Å². The summed E-state index contributed by atoms with van der Waals surface area (Å²) in [6, 6.07) is 9.88. The summed E-state index contributed by atoms with van der Waals surface area (Å²) in [5.41, 5.74) is 1.07. The quantitative estimate of drug-likeness (QED) is 0.307. The van der Waals surface area contributed by atoms with Gasteiger partial charge in [0, 0.05) is 16.0 Å². The fourth-order valence-corrected chi connectivity index (χ4v) is 5.05. The molecule has 0 bridgehead atoms. The second kappa shape index (κ2) is 8.88. The number of methoxy groups -OCH3 is 1. The molecule has 0 spiro atoms. The molecule has 2 aromatic carbocycles. The lowest BCUT2D eigenvalue weighted by Gasteiger charge is -2.23. The number of amides is 1. The molecule has 0 aliphatic carbocycles. The smallest absolute Gasteiger partial charge is 0.297 e. The molecule has 1 unspecified atom stereocenters. The maximum atomic E-state index is 13.7. The number of carbonyl (C=O) groups excluding carboxylic acids is 1. The number of benzene rings is 2. The van der Waals surface area contributed by atoms with Crippen LogP contribution in [0.2, 0.25) is 0 Å². The van der Waals surface area contributed by atoms with E-state index in [-0.39, 0.29) is 16.8 Å². The number of anilines is 1. The van der Waals surface area contributed by atoms with Gasteiger partial charge >= 0.3 is 0 Å². The molecule has 0 fully saturated rings. The van der Waals surface area contributed by atoms with Crippen molar-refractivity contribution in [3.05, 3.63) is 79.6 Å². The third-order valence-electron chi connectivity index (χ3n) is 5.53. The van der Waals surface area contributed by atoms with Crippen LogP contribution in [0.3, 0.4) is 0 Å². The van der Waals surface area contributed by atoms with Crippen LogP contribution in [-0.2, 0) is 0 Å². The summed E-state index contributed by atoms with van der Waals surface area (Å²) in [5, 5.41) is 2.66. The number of halogens is 1. The molecule has 0 saturated heterocycles. The maximum absolute atomic E-state index is 13.7. The highest BCUT2D eigenvalue weighted by Gasteiger charge is 2.45. The van der Waals surface area contributed by atoms with Gasteiger partial charge in [-0.25, -0.2) is 4.98 Å². The van der Waals surface area contributed by atoms with Crippen LogP contribution < -0.4 is 19.8 Å². The van der Waals surface area contributed by atoms with Crippen molar-refractivity contribution in [2.45, 2.75) is 19.9 Å². The van der Waals surface area contributed by atoms with Gasteiger partial charge in [-0.2, -0.15) is 0 Å². The van der Waals surface area contributed by atoms with Crippen molar-refractivity contribution in [1.82, 2.24) is 4.98 Å². The predicted octanol–water partition coefficient (Wildman–Crippen LogP) is 5.81. The molecule has 1 aliphatic heterocycles. The van der Waals surface area contributed by atoms with E-state index in [4.69, 9.17) is 13.9 Å². The SMILES string of the molecule is COc1cc(C2c3c(oc4ccc(Br)cc4c3=O)C(=O)N2c2nccs2)ccc1OCC(C)C. The molecule has 5 rings (SSSR count). The molecule has 3 heterocycles. The van der Waals surface area contributed by atoms with Gasteiger partial charge in [0.25, 0.3) is 5.91 Å². The first-order valence-corrected chi connectivity index (χ1v) is 12.4. The summed E-state index contributed by atoms with van der Waals surface area (Å²) in [6.45, 7) is 4.67. The highest BCUT2D eigenvalue weighted by molar-refractivity contribution is 9.10. The Morgan fingerprint density at radius 2 is 2.00 bits per heavy atom. The van der Waals surface area contributed by atoms with Crippen LogP contribution >= 0.6 is 27.3 Å². The Labute approximate surface area is 208 Å². The first-order chi connectivity index (χ1) is 16.4. The Morgan fingerprint density at radius 1 is 1.18 bits per heavy atom. The van der Waals surface area contributed by atoms with Gasteiger partial charge in [-0.3, -0.25) is 14.5 Å². The van der Waals surface area contributed by atoms with E-state index in [1.54, 1.807) is 49.0 Å². The fourth-order valence-electron chi connectivity index (χ4n) is 4.02. The summed E-state index contributed by atoms with van der Waals surface area (Å²) in [5.74, 6) is 1.09. The molecule has 0 saturated carbocycles. The normalized spacial score (nSPS) is 15.3. The lowest BCUT2D eigenvalue weighted by Crippen LogP contribution is -2.29. The highest BCUT2D eigenvalue weighted by atomic mass is 79.9. The van der Waals surface area contributed by atoms with Crippen molar-refractivity contribution < 1.29 is 18.7 Å². The largest absolute Gasteiger partial charge is 0.493 e. The second-order valence-corrected chi connectivity index (χ2v) is 10.1. The number of nitrogens with zero attached hydrogens (tertiary/aromatic N) is 2. The number of fused-ring (bicyclic) bond motifs is 2. The minimum absolute atomic E-state index is 0.0270. The number of hydrogen-bond acceptors (Lipinski definition) is 7. The molecule has 34 heavy (non-hydrogen) atoms. The second-order valence-electron chi connectivity index (χ2n) is 8.32. The van der Waals surface area contributed by atoms with Crippen molar-refractivity contribution >= 4 is 49.3 Å². The molecule has 9 heteroatoms. The third-order valence-corrected chi connectivity index (χ3v) is 6.80. The van der Waals surface area contributed by atoms with Crippen LogP contribution in [0.15, 0.2) is 61.7 Å². The lowest BCUT2D eigenvalue weighted by molar-refractivity contribution is 0.0971. The lowest BCUT2D eigenvalue weighted by atomic mass is 9.98. The monoisotopic (exact) mass is 540 g/mol. The Balaban J connectivity index is 1.72. The molecular weight excluding hydrogens is 520 g/mol. The minimum atomic E-state index is -0.721. The summed E-state index contributed by atoms with van der Waals surface area (Å²) in [7, 11) is 1.56. The third kappa shape index (κ3) is 3.78. The van der Waals surface area contributed by atoms with Gasteiger partial charge in [0.15, 0.2) is 22.1 Å². The molecule has 7 nitrogen and oxygen atoms in total. The first kappa shape index (κ1) is 22.6. The van der Waals surface area contributed by atoms with E-state index in [0.29, 0.717) is 45.7 Å². The summed E-state index contributed by atoms with van der Waals surface area (Å²) in [6.07, 6.45) is 1.62. The summed E-state index contributed by atoms with van der Waals surface area (Å²) in [4.78, 5) is 33.1. The average Bonchev–Trinajstić information content (AvgIpc) is 3.45. The summed E-state index contributed by atoms with van der Waals surface area (Å²) < 4.78 is 18.2. The van der Waals surface area contributed by atoms with Crippen molar-refractivity contribution in [3.63, 3.8) is 0 Å². The Bertz CT molecular complexity index is 1450. The number of rotatable bonds is 6. The zero-order chi connectivity index (χ0) is 24.0. The molecule has 4 aromatic rings. The molecular formula is C25H21BrN2O5S. The van der Waals surface area contributed by atoms with Crippen molar-refractivity contribution in [1.29, 1.82) is 0 Å². The Kier molecular flexibility index (Phi) is 5.91. The van der Waals surface area contributed by atoms with Gasteiger partial charge in [-0.05, 0) is 41.8 Å². The summed E-state index contributed by atoms with van der Waals surface area (Å²) >= 11 is 4.73. The zero-order valence-electron chi connectivity index (χ0n) is 18.7. The molecule has 1 amide bonds. The number of aromatic nitrogens is 1. The molecule has 0 N–H and O–H groups in total. The molecule has 174 valence electrons. The number of carbonyl (C=O) groups is 1. The Hall–Kier alpha value is -3.17. The van der Waals surface area contributed by atoms with E-state index in [1.165, 1.54) is 16.2 Å². The van der Waals surface area contributed by atoms with E-state index >= 15 is 0 Å². The van der Waals surface area contributed by atoms with Crippen molar-refractivity contribution in [2.24, 2.45) is 5.92 Å². The van der Waals surface area contributed by atoms with Crippen LogP contribution in [-0.4, -0.2) is 24.6 Å². The van der Waals surface area contributed by atoms with Crippen molar-refractivity contribution in [2.75, 3.05) is 18.6 Å². The van der Waals surface area contributed by atoms with E-state index in [1.807, 2.05) is 6.07 Å². The first-order valence-electron chi connectivity index (χ1n) is 10.7. The van der Waals surface area contributed by atoms with Crippen LogP contribution in [0, 0.1) is 5.92 Å². The van der Waals surface area contributed by atoms with Gasteiger partial charge in [0.05, 0.1) is 30.7 Å². The zero-order valence-corrected chi connectivity index (χ0v) is 21.1. The van der Waals surface area contributed by atoms with Crippen LogP contribution in [0.25, 0.3) is 11.0 Å². The van der Waals surface area contributed by atoms with Gasteiger partial charge in [0.1, 0.15) is 5.58 Å². The molecule has 1 aliphatic rings. The van der Waals surface area contributed by atoms with Crippen LogP contribution in [0.5, 0.6) is 11.5 Å². The van der Waals surface area contributed by atoms with Gasteiger partial charge in [-0.1, -0.05) is 35.8 Å². The number of ether oxygens (including phenoxy) is 2. The number of hydrogen-bond donors (Lipinski definition) is 0. The predicted molar refractivity (Wildman–Crippen MR) is 134 cm³/mol. The van der Waals surface area contributed by atoms with E-state index in [2.05, 4.69) is 34.8 Å². The highest BCUT2D eigenvalue weighted by Crippen LogP contribution is 2.43. The van der Waals surface area contributed by atoms with Crippen molar-refractivity contribution in [3.8, 4) is 11.5 Å². The Morgan fingerprint density at radius 3 is 2.71 bits per heavy atom. The topological polar surface area (TPSA) is 81.9 Å². The fraction of sp³-hybridized carbons (Fsp3) is 0.240. The minimum Gasteiger partial charge on any atom is -0.493 e. The number of thiazole rings is 1. The maximum Gasteiger partial charge on any atom is 0.297 e. The molecule has 1 atom stereocenters. The molecule has 0 radical (unpaired) electrons. The average molecular weight is 541 g/mol. The van der Waals surface area contributed by atoms with E-state index in [9.17, 15) is 9.59 Å². The van der Waals surface area contributed by atoms with Gasteiger partial charge < -0.3 is 13.9 Å².